The molecule has 38 heavy (non-hydrogen) atoms. The molecule has 2 heterocycles. The highest BCUT2D eigenvalue weighted by molar-refractivity contribution is 5.94. The van der Waals surface area contributed by atoms with Crippen molar-refractivity contribution in [2.75, 3.05) is 44.6 Å². The Hall–Kier alpha value is -4.12. The van der Waals surface area contributed by atoms with E-state index in [-0.39, 0.29) is 29.4 Å². The number of aromatic nitrogens is 2. The minimum absolute atomic E-state index is 0.0390. The van der Waals surface area contributed by atoms with Gasteiger partial charge in [0, 0.05) is 55.1 Å². The molecule has 1 aliphatic rings. The molecule has 3 aromatic rings. The van der Waals surface area contributed by atoms with E-state index < -0.39 is 5.82 Å². The summed E-state index contributed by atoms with van der Waals surface area (Å²) < 4.78 is 31.1. The van der Waals surface area contributed by atoms with Gasteiger partial charge < -0.3 is 35.1 Å². The zero-order chi connectivity index (χ0) is 27.2. The fourth-order valence-electron chi connectivity index (χ4n) is 4.47. The number of hydrogen-bond donors (Lipinski definition) is 3. The highest BCUT2D eigenvalue weighted by Gasteiger charge is 2.23. The van der Waals surface area contributed by atoms with Crippen molar-refractivity contribution in [3.05, 3.63) is 59.7 Å². The second-order valence-corrected chi connectivity index (χ2v) is 9.15. The third-order valence-electron chi connectivity index (χ3n) is 6.18. The Balaban J connectivity index is 1.42. The van der Waals surface area contributed by atoms with Crippen molar-refractivity contribution in [3.63, 3.8) is 0 Å². The van der Waals surface area contributed by atoms with Gasteiger partial charge in [-0.1, -0.05) is 0 Å². The van der Waals surface area contributed by atoms with Crippen LogP contribution in [0.5, 0.6) is 17.2 Å². The number of benzene rings is 2. The van der Waals surface area contributed by atoms with Gasteiger partial charge in [-0.15, -0.1) is 0 Å². The lowest BCUT2D eigenvalue weighted by Gasteiger charge is -2.38. The Morgan fingerprint density at radius 1 is 1.08 bits per heavy atom. The number of piperazine rings is 1. The zero-order valence-corrected chi connectivity index (χ0v) is 22.2. The first-order chi connectivity index (χ1) is 18.3. The van der Waals surface area contributed by atoms with E-state index in [1.807, 2.05) is 18.2 Å². The molecule has 0 spiro atoms. The van der Waals surface area contributed by atoms with Gasteiger partial charge in [0.15, 0.2) is 17.3 Å². The van der Waals surface area contributed by atoms with E-state index >= 15 is 0 Å². The largest absolute Gasteiger partial charge is 0.495 e. The molecule has 0 radical (unpaired) electrons. The number of ether oxygens (including phenoxy) is 3. The molecule has 1 aromatic heterocycles. The Morgan fingerprint density at radius 2 is 1.76 bits per heavy atom. The summed E-state index contributed by atoms with van der Waals surface area (Å²) in [6.45, 7) is 6.00. The van der Waals surface area contributed by atoms with Crippen LogP contribution in [0.2, 0.25) is 0 Å². The van der Waals surface area contributed by atoms with Crippen LogP contribution in [0.15, 0.2) is 42.7 Å². The summed E-state index contributed by atoms with van der Waals surface area (Å²) in [7, 11) is 4.49. The molecular weight excluding hydrogens is 491 g/mol. The monoisotopic (exact) mass is 524 g/mol. The van der Waals surface area contributed by atoms with Crippen LogP contribution in [-0.4, -0.2) is 62.3 Å². The SMILES string of the molecule is CNC(=O)c1cc(COc2cnc(Nc3ccc(N4C[C@@H](C)N[C@@H](C)C4)c(OC)c3)nc2)c(F)c(OC)c1. The summed E-state index contributed by atoms with van der Waals surface area (Å²) >= 11 is 0. The number of methoxy groups -OCH3 is 2. The molecule has 0 aliphatic carbocycles. The number of amides is 1. The highest BCUT2D eigenvalue weighted by atomic mass is 19.1. The van der Waals surface area contributed by atoms with Gasteiger partial charge in [-0.3, -0.25) is 4.79 Å². The van der Waals surface area contributed by atoms with E-state index in [1.54, 1.807) is 7.11 Å². The molecule has 1 saturated heterocycles. The molecule has 3 N–H and O–H groups in total. The van der Waals surface area contributed by atoms with Crippen molar-refractivity contribution in [1.29, 1.82) is 0 Å². The van der Waals surface area contributed by atoms with Gasteiger partial charge in [-0.2, -0.15) is 0 Å². The van der Waals surface area contributed by atoms with Crippen LogP contribution in [-0.2, 0) is 6.61 Å². The summed E-state index contributed by atoms with van der Waals surface area (Å²) in [6.07, 6.45) is 2.98. The second kappa shape index (κ2) is 12.0. The van der Waals surface area contributed by atoms with Crippen molar-refractivity contribution in [2.24, 2.45) is 0 Å². The summed E-state index contributed by atoms with van der Waals surface area (Å²) in [5.41, 5.74) is 2.25. The lowest BCUT2D eigenvalue weighted by molar-refractivity contribution is 0.0962. The molecule has 10 nitrogen and oxygen atoms in total. The lowest BCUT2D eigenvalue weighted by Crippen LogP contribution is -2.54. The van der Waals surface area contributed by atoms with Gasteiger partial charge in [0.25, 0.3) is 5.91 Å². The number of halogens is 1. The smallest absolute Gasteiger partial charge is 0.251 e. The molecule has 11 heteroatoms. The number of rotatable bonds is 9. The number of anilines is 3. The Kier molecular flexibility index (Phi) is 8.47. The Morgan fingerprint density at radius 3 is 2.39 bits per heavy atom. The molecule has 1 amide bonds. The minimum atomic E-state index is -0.596. The first kappa shape index (κ1) is 26.9. The van der Waals surface area contributed by atoms with Gasteiger partial charge in [0.1, 0.15) is 12.4 Å². The van der Waals surface area contributed by atoms with Crippen LogP contribution in [0.4, 0.5) is 21.7 Å². The first-order valence-electron chi connectivity index (χ1n) is 12.3. The first-order valence-corrected chi connectivity index (χ1v) is 12.3. The van der Waals surface area contributed by atoms with Crippen LogP contribution in [0.3, 0.4) is 0 Å². The minimum Gasteiger partial charge on any atom is -0.495 e. The fourth-order valence-corrected chi connectivity index (χ4v) is 4.47. The molecule has 1 aliphatic heterocycles. The van der Waals surface area contributed by atoms with Crippen LogP contribution in [0.1, 0.15) is 29.8 Å². The summed E-state index contributed by atoms with van der Waals surface area (Å²) in [5, 5.41) is 9.22. The number of carbonyl (C=O) groups is 1. The normalized spacial score (nSPS) is 17.1. The molecule has 2 atom stereocenters. The van der Waals surface area contributed by atoms with Crippen LogP contribution < -0.4 is 35.1 Å². The van der Waals surface area contributed by atoms with E-state index in [9.17, 15) is 9.18 Å². The van der Waals surface area contributed by atoms with E-state index in [4.69, 9.17) is 14.2 Å². The van der Waals surface area contributed by atoms with Gasteiger partial charge in [0.2, 0.25) is 5.95 Å². The second-order valence-electron chi connectivity index (χ2n) is 9.15. The van der Waals surface area contributed by atoms with Gasteiger partial charge in [-0.25, -0.2) is 14.4 Å². The average molecular weight is 525 g/mol. The maximum absolute atomic E-state index is 14.7. The maximum Gasteiger partial charge on any atom is 0.251 e. The van der Waals surface area contributed by atoms with Gasteiger partial charge in [0.05, 0.1) is 32.3 Å². The zero-order valence-electron chi connectivity index (χ0n) is 22.2. The van der Waals surface area contributed by atoms with Gasteiger partial charge in [-0.05, 0) is 38.1 Å². The third-order valence-corrected chi connectivity index (χ3v) is 6.18. The number of nitrogens with zero attached hydrogens (tertiary/aromatic N) is 3. The molecule has 4 rings (SSSR count). The standard InChI is InChI=1S/C27H33FN6O4/c1-16-13-34(14-17(2)32-16)22-7-6-20(10-23(22)36-4)33-27-30-11-21(12-31-27)38-15-19-8-18(26(35)29-3)9-24(37-5)25(19)28/h6-12,16-17,32H,13-15H2,1-5H3,(H,29,35)(H,30,31,33)/t16-,17+. The molecular formula is C27H33FN6O4. The van der Waals surface area contributed by atoms with Crippen LogP contribution in [0.25, 0.3) is 0 Å². The summed E-state index contributed by atoms with van der Waals surface area (Å²) in [4.78, 5) is 22.9. The fraction of sp³-hybridized carbons (Fsp3) is 0.370. The predicted molar refractivity (Wildman–Crippen MR) is 143 cm³/mol. The molecule has 0 unspecified atom stereocenters. The van der Waals surface area contributed by atoms with E-state index in [0.717, 1.165) is 30.2 Å². The molecule has 0 bridgehead atoms. The Labute approximate surface area is 221 Å². The number of carbonyl (C=O) groups excluding carboxylic acids is 1. The van der Waals surface area contributed by atoms with Crippen molar-refractivity contribution >= 4 is 23.2 Å². The Bertz CT molecular complexity index is 1260. The molecule has 202 valence electrons. The van der Waals surface area contributed by atoms with E-state index in [1.165, 1.54) is 38.7 Å². The van der Waals surface area contributed by atoms with Crippen LogP contribution >= 0.6 is 0 Å². The maximum atomic E-state index is 14.7. The van der Waals surface area contributed by atoms with Crippen molar-refractivity contribution in [2.45, 2.75) is 32.5 Å². The van der Waals surface area contributed by atoms with Crippen molar-refractivity contribution in [3.8, 4) is 17.2 Å². The number of nitrogens with one attached hydrogen (secondary N) is 3. The van der Waals surface area contributed by atoms with Crippen molar-refractivity contribution in [1.82, 2.24) is 20.6 Å². The van der Waals surface area contributed by atoms with Crippen molar-refractivity contribution < 1.29 is 23.4 Å². The lowest BCUT2D eigenvalue weighted by atomic mass is 10.1. The molecule has 1 fully saturated rings. The molecule has 0 saturated carbocycles. The van der Waals surface area contributed by atoms with E-state index in [0.29, 0.717) is 23.8 Å². The highest BCUT2D eigenvalue weighted by Crippen LogP contribution is 2.33. The van der Waals surface area contributed by atoms with E-state index in [2.05, 4.69) is 44.7 Å². The molecule has 2 aromatic carbocycles. The topological polar surface area (TPSA) is 110 Å². The van der Waals surface area contributed by atoms with Gasteiger partial charge >= 0.3 is 0 Å². The summed E-state index contributed by atoms with van der Waals surface area (Å²) in [6, 6.07) is 9.43. The third kappa shape index (κ3) is 6.23. The van der Waals surface area contributed by atoms with Crippen LogP contribution in [0, 0.1) is 5.82 Å². The average Bonchev–Trinajstić information content (AvgIpc) is 2.92. The summed E-state index contributed by atoms with van der Waals surface area (Å²) in [5.74, 6) is 0.474. The number of hydrogen-bond acceptors (Lipinski definition) is 9. The predicted octanol–water partition coefficient (Wildman–Crippen LogP) is 3.50. The quantitative estimate of drug-likeness (QED) is 0.387.